The van der Waals surface area contributed by atoms with E-state index in [-0.39, 0.29) is 20.3 Å². The highest BCUT2D eigenvalue weighted by atomic mass is 35.5. The molecular weight excluding hydrogens is 418 g/mol. The van der Waals surface area contributed by atoms with Crippen molar-refractivity contribution in [2.75, 3.05) is 5.43 Å². The predicted molar refractivity (Wildman–Crippen MR) is 109 cm³/mol. The summed E-state index contributed by atoms with van der Waals surface area (Å²) in [6.07, 6.45) is 0. The zero-order valence-corrected chi connectivity index (χ0v) is 16.8. The van der Waals surface area contributed by atoms with Crippen LogP contribution in [0.2, 0.25) is 5.02 Å². The van der Waals surface area contributed by atoms with Crippen molar-refractivity contribution in [1.82, 2.24) is 4.68 Å². The number of aromatic nitrogens is 1. The first-order chi connectivity index (χ1) is 13.4. The van der Waals surface area contributed by atoms with Crippen LogP contribution in [0.3, 0.4) is 0 Å². The molecule has 0 radical (unpaired) electrons. The molecule has 28 heavy (non-hydrogen) atoms. The molecule has 0 fully saturated rings. The molecule has 2 amide bonds. The Kier molecular flexibility index (Phi) is 4.62. The monoisotopic (exact) mass is 429 g/mol. The van der Waals surface area contributed by atoms with Crippen molar-refractivity contribution >= 4 is 52.5 Å². The van der Waals surface area contributed by atoms with Gasteiger partial charge >= 0.3 is 0 Å². The van der Waals surface area contributed by atoms with Crippen LogP contribution in [0.15, 0.2) is 47.5 Å². The van der Waals surface area contributed by atoms with Gasteiger partial charge in [-0.2, -0.15) is 4.68 Å². The predicted octanol–water partition coefficient (Wildman–Crippen LogP) is 2.69. The van der Waals surface area contributed by atoms with Crippen molar-refractivity contribution in [3.8, 4) is 5.88 Å². The molecule has 0 spiro atoms. The zero-order chi connectivity index (χ0) is 20.0. The Morgan fingerprint density at radius 3 is 2.68 bits per heavy atom. The number of para-hydroxylation sites is 1. The van der Waals surface area contributed by atoms with Crippen molar-refractivity contribution in [3.05, 3.63) is 78.0 Å². The van der Waals surface area contributed by atoms with Gasteiger partial charge in [-0.3, -0.25) is 15.0 Å². The summed E-state index contributed by atoms with van der Waals surface area (Å²) in [6, 6.07) is 11.7. The Bertz CT molecular complexity index is 1320. The molecule has 2 heterocycles. The molecular formula is C19H12ClN3O3S2. The summed E-state index contributed by atoms with van der Waals surface area (Å²) in [4.78, 5) is 29.3. The van der Waals surface area contributed by atoms with E-state index in [1.165, 1.54) is 0 Å². The molecule has 1 aliphatic rings. The van der Waals surface area contributed by atoms with Crippen LogP contribution in [0.4, 0.5) is 0 Å². The topological polar surface area (TPSA) is 83.7 Å². The van der Waals surface area contributed by atoms with Crippen LogP contribution in [-0.2, 0) is 4.79 Å². The highest BCUT2D eigenvalue weighted by molar-refractivity contribution is 7.73. The second kappa shape index (κ2) is 6.97. The van der Waals surface area contributed by atoms with Gasteiger partial charge in [-0.05, 0) is 49.0 Å². The minimum atomic E-state index is -0.476. The third-order valence-corrected chi connectivity index (χ3v) is 5.90. The number of benzene rings is 2. The summed E-state index contributed by atoms with van der Waals surface area (Å²) in [5.41, 5.74) is 4.02. The van der Waals surface area contributed by atoms with Crippen molar-refractivity contribution in [3.63, 3.8) is 0 Å². The van der Waals surface area contributed by atoms with Gasteiger partial charge in [0.15, 0.2) is 3.95 Å². The standard InChI is InChI=1S/C19H12ClN3O3S2/c1-9-3-2-4-12-13(17(25)21-14(9)12)15-18(26)23(19(27)28-15)22-16(24)10-5-7-11(20)8-6-10/h2-8,26H,1H3,(H,22,24). The van der Waals surface area contributed by atoms with Crippen LogP contribution in [0.25, 0.3) is 5.57 Å². The van der Waals surface area contributed by atoms with Crippen LogP contribution >= 0.6 is 35.2 Å². The SMILES string of the molecule is Cc1cccc2c1=NC(=O)C=2c1sc(=S)n(NC(=O)c2ccc(Cl)cc2)c1O. The first-order valence-corrected chi connectivity index (χ1v) is 9.72. The lowest BCUT2D eigenvalue weighted by atomic mass is 10.1. The summed E-state index contributed by atoms with van der Waals surface area (Å²) >= 11 is 12.1. The number of aromatic hydroxyl groups is 1. The number of carbonyl (C=O) groups is 2. The third kappa shape index (κ3) is 3.05. The number of aryl methyl sites for hydroxylation is 1. The molecule has 4 rings (SSSR count). The Morgan fingerprint density at radius 1 is 1.25 bits per heavy atom. The lowest BCUT2D eigenvalue weighted by molar-refractivity contribution is -0.112. The number of nitrogens with one attached hydrogen (secondary N) is 1. The lowest BCUT2D eigenvalue weighted by Crippen LogP contribution is -2.25. The van der Waals surface area contributed by atoms with E-state index in [0.29, 0.717) is 21.2 Å². The highest BCUT2D eigenvalue weighted by Gasteiger charge is 2.26. The quantitative estimate of drug-likeness (QED) is 0.627. The van der Waals surface area contributed by atoms with Crippen molar-refractivity contribution in [1.29, 1.82) is 0 Å². The van der Waals surface area contributed by atoms with Crippen molar-refractivity contribution in [2.45, 2.75) is 6.92 Å². The first-order valence-electron chi connectivity index (χ1n) is 8.12. The van der Waals surface area contributed by atoms with Gasteiger partial charge in [0.25, 0.3) is 11.8 Å². The molecule has 3 aromatic rings. The fourth-order valence-electron chi connectivity index (χ4n) is 2.90. The van der Waals surface area contributed by atoms with E-state index in [1.807, 2.05) is 19.1 Å². The zero-order valence-electron chi connectivity index (χ0n) is 14.4. The van der Waals surface area contributed by atoms with E-state index in [1.54, 1.807) is 30.3 Å². The molecule has 0 saturated carbocycles. The molecule has 2 N–H and O–H groups in total. The number of rotatable bonds is 3. The van der Waals surface area contributed by atoms with Gasteiger partial charge in [-0.1, -0.05) is 41.1 Å². The summed E-state index contributed by atoms with van der Waals surface area (Å²) < 4.78 is 1.27. The molecule has 0 aliphatic carbocycles. The van der Waals surface area contributed by atoms with E-state index in [0.717, 1.165) is 21.6 Å². The van der Waals surface area contributed by atoms with Gasteiger partial charge in [-0.15, -0.1) is 0 Å². The molecule has 0 unspecified atom stereocenters. The largest absolute Gasteiger partial charge is 0.492 e. The van der Waals surface area contributed by atoms with Crippen LogP contribution in [0.1, 0.15) is 20.8 Å². The van der Waals surface area contributed by atoms with Crippen molar-refractivity contribution in [2.24, 2.45) is 4.99 Å². The van der Waals surface area contributed by atoms with E-state index >= 15 is 0 Å². The Hall–Kier alpha value is -2.81. The Morgan fingerprint density at radius 2 is 1.96 bits per heavy atom. The number of nitrogens with zero attached hydrogens (tertiary/aromatic N) is 2. The van der Waals surface area contributed by atoms with E-state index in [4.69, 9.17) is 23.8 Å². The first kappa shape index (κ1) is 18.5. The number of carbonyl (C=O) groups excluding carboxylic acids is 2. The summed E-state index contributed by atoms with van der Waals surface area (Å²) in [7, 11) is 0. The number of thiazole rings is 1. The lowest BCUT2D eigenvalue weighted by Gasteiger charge is -2.08. The number of hydrogen-bond donors (Lipinski definition) is 2. The van der Waals surface area contributed by atoms with Crippen molar-refractivity contribution < 1.29 is 14.7 Å². The summed E-state index contributed by atoms with van der Waals surface area (Å²) in [5, 5.41) is 12.4. The average Bonchev–Trinajstić information content (AvgIpc) is 3.13. The van der Waals surface area contributed by atoms with Gasteiger partial charge in [-0.25, -0.2) is 4.99 Å². The summed E-state index contributed by atoms with van der Waals surface area (Å²) in [5.74, 6) is -1.24. The molecule has 0 atom stereocenters. The number of fused-ring (bicyclic) bond motifs is 1. The Balaban J connectivity index is 1.79. The molecule has 2 aromatic carbocycles. The second-order valence-electron chi connectivity index (χ2n) is 6.07. The molecule has 0 saturated heterocycles. The van der Waals surface area contributed by atoms with E-state index in [2.05, 4.69) is 10.4 Å². The molecule has 140 valence electrons. The Labute approximate surface area is 173 Å². The minimum absolute atomic E-state index is 0.191. The van der Waals surface area contributed by atoms with E-state index in [9.17, 15) is 14.7 Å². The smallest absolute Gasteiger partial charge is 0.279 e. The van der Waals surface area contributed by atoms with Crippen LogP contribution in [0, 0.1) is 10.9 Å². The van der Waals surface area contributed by atoms with Gasteiger partial charge in [0.1, 0.15) is 4.88 Å². The highest BCUT2D eigenvalue weighted by Crippen LogP contribution is 2.31. The van der Waals surface area contributed by atoms with Crippen LogP contribution < -0.4 is 16.0 Å². The van der Waals surface area contributed by atoms with Crippen LogP contribution in [-0.4, -0.2) is 21.6 Å². The molecule has 9 heteroatoms. The fourth-order valence-corrected chi connectivity index (χ4v) is 4.28. The maximum Gasteiger partial charge on any atom is 0.279 e. The maximum absolute atomic E-state index is 12.5. The number of amides is 2. The minimum Gasteiger partial charge on any atom is -0.492 e. The molecule has 1 aliphatic heterocycles. The van der Waals surface area contributed by atoms with Gasteiger partial charge in [0.05, 0.1) is 10.9 Å². The van der Waals surface area contributed by atoms with Gasteiger partial charge < -0.3 is 5.11 Å². The molecule has 1 aromatic heterocycles. The van der Waals surface area contributed by atoms with Gasteiger partial charge in [0, 0.05) is 15.8 Å². The van der Waals surface area contributed by atoms with Gasteiger partial charge in [0.2, 0.25) is 5.88 Å². The maximum atomic E-state index is 12.5. The second-order valence-corrected chi connectivity index (χ2v) is 8.15. The molecule has 6 nitrogen and oxygen atoms in total. The summed E-state index contributed by atoms with van der Waals surface area (Å²) in [6.45, 7) is 1.86. The number of halogens is 1. The average molecular weight is 430 g/mol. The van der Waals surface area contributed by atoms with E-state index < -0.39 is 11.8 Å². The molecule has 0 bridgehead atoms. The fraction of sp³-hybridized carbons (Fsp3) is 0.0526. The number of hydrogen-bond acceptors (Lipinski definition) is 5. The normalized spacial score (nSPS) is 12.6. The third-order valence-electron chi connectivity index (χ3n) is 4.27. The van der Waals surface area contributed by atoms with Crippen LogP contribution in [0.5, 0.6) is 5.88 Å².